The molecule has 7 heteroatoms. The fourth-order valence-corrected chi connectivity index (χ4v) is 3.49. The number of pyridine rings is 1. The Morgan fingerprint density at radius 3 is 2.53 bits per heavy atom. The van der Waals surface area contributed by atoms with Crippen LogP contribution in [-0.2, 0) is 11.3 Å². The molecule has 4 rings (SSSR count). The van der Waals surface area contributed by atoms with Crippen molar-refractivity contribution in [3.05, 3.63) is 83.6 Å². The van der Waals surface area contributed by atoms with E-state index in [-0.39, 0.29) is 11.9 Å². The third-order valence-electron chi connectivity index (χ3n) is 5.16. The Kier molecular flexibility index (Phi) is 6.41. The molecule has 3 heterocycles. The van der Waals surface area contributed by atoms with Gasteiger partial charge in [0.2, 0.25) is 0 Å². The first-order chi connectivity index (χ1) is 14.7. The Balaban J connectivity index is 1.50. The molecule has 1 saturated heterocycles. The normalized spacial score (nSPS) is 15.5. The van der Waals surface area contributed by atoms with Gasteiger partial charge in [-0.25, -0.2) is 0 Å². The van der Waals surface area contributed by atoms with Gasteiger partial charge in [-0.2, -0.15) is 0 Å². The number of carbonyl (C=O) groups excluding carboxylic acids is 1. The number of furan rings is 1. The number of aromatic nitrogens is 1. The number of benzene rings is 1. The number of nitrogens with one attached hydrogen (secondary N) is 1. The van der Waals surface area contributed by atoms with Crippen molar-refractivity contribution >= 4 is 5.91 Å². The van der Waals surface area contributed by atoms with E-state index >= 15 is 0 Å². The van der Waals surface area contributed by atoms with Gasteiger partial charge in [0.25, 0.3) is 5.91 Å². The van der Waals surface area contributed by atoms with Gasteiger partial charge >= 0.3 is 0 Å². The lowest BCUT2D eigenvalue weighted by molar-refractivity contribution is 0.0313. The van der Waals surface area contributed by atoms with Crippen LogP contribution < -0.4 is 10.1 Å². The molecule has 0 bridgehead atoms. The third kappa shape index (κ3) is 4.87. The van der Waals surface area contributed by atoms with E-state index in [4.69, 9.17) is 13.9 Å². The molecule has 2 aromatic heterocycles. The highest BCUT2D eigenvalue weighted by molar-refractivity contribution is 5.94. The maximum absolute atomic E-state index is 13.0. The summed E-state index contributed by atoms with van der Waals surface area (Å²) in [6.07, 6.45) is 4.95. The fourth-order valence-electron chi connectivity index (χ4n) is 3.49. The zero-order valence-electron chi connectivity index (χ0n) is 16.9. The van der Waals surface area contributed by atoms with Crippen molar-refractivity contribution in [3.8, 4) is 5.75 Å². The van der Waals surface area contributed by atoms with Crippen LogP contribution in [0.15, 0.2) is 65.5 Å². The van der Waals surface area contributed by atoms with Crippen LogP contribution >= 0.6 is 0 Å². The minimum Gasteiger partial charge on any atom is -0.497 e. The van der Waals surface area contributed by atoms with E-state index in [0.29, 0.717) is 12.1 Å². The quantitative estimate of drug-likeness (QED) is 0.649. The minimum absolute atomic E-state index is 0.190. The highest BCUT2D eigenvalue weighted by atomic mass is 16.5. The van der Waals surface area contributed by atoms with Crippen molar-refractivity contribution in [2.75, 3.05) is 33.4 Å². The molecule has 1 unspecified atom stereocenters. The maximum atomic E-state index is 13.0. The third-order valence-corrected chi connectivity index (χ3v) is 5.16. The standard InChI is InChI=1S/C23H25N3O4/c1-28-20-4-2-17(3-5-20)22(18-6-8-24-9-7-18)25-23(27)19-14-21(30-16-19)15-26-10-12-29-13-11-26/h2-9,14,16,22H,10-13,15H2,1H3,(H,25,27). The van der Waals surface area contributed by atoms with Crippen molar-refractivity contribution < 1.29 is 18.7 Å². The van der Waals surface area contributed by atoms with Crippen LogP contribution in [0.4, 0.5) is 0 Å². The lowest BCUT2D eigenvalue weighted by atomic mass is 9.99. The highest BCUT2D eigenvalue weighted by Gasteiger charge is 2.20. The van der Waals surface area contributed by atoms with Gasteiger partial charge in [-0.1, -0.05) is 12.1 Å². The van der Waals surface area contributed by atoms with Crippen LogP contribution in [0.25, 0.3) is 0 Å². The molecule has 1 N–H and O–H groups in total. The minimum atomic E-state index is -0.316. The zero-order valence-corrected chi connectivity index (χ0v) is 16.9. The number of rotatable bonds is 7. The number of methoxy groups -OCH3 is 1. The van der Waals surface area contributed by atoms with Crippen molar-refractivity contribution in [1.29, 1.82) is 0 Å². The van der Waals surface area contributed by atoms with Gasteiger partial charge in [0, 0.05) is 25.5 Å². The maximum Gasteiger partial charge on any atom is 0.255 e. The van der Waals surface area contributed by atoms with Gasteiger partial charge in [-0.3, -0.25) is 14.7 Å². The molecule has 156 valence electrons. The molecular formula is C23H25N3O4. The first-order valence-electron chi connectivity index (χ1n) is 9.95. The summed E-state index contributed by atoms with van der Waals surface area (Å²) < 4.78 is 16.3. The van der Waals surface area contributed by atoms with E-state index in [1.807, 2.05) is 42.5 Å². The number of ether oxygens (including phenoxy) is 2. The number of hydrogen-bond acceptors (Lipinski definition) is 6. The Bertz CT molecular complexity index is 950. The van der Waals surface area contributed by atoms with E-state index in [1.165, 1.54) is 6.26 Å². The molecule has 3 aromatic rings. The van der Waals surface area contributed by atoms with Gasteiger partial charge in [-0.05, 0) is 41.5 Å². The summed E-state index contributed by atoms with van der Waals surface area (Å²) >= 11 is 0. The molecule has 1 fully saturated rings. The van der Waals surface area contributed by atoms with E-state index in [9.17, 15) is 4.79 Å². The van der Waals surface area contributed by atoms with Crippen LogP contribution in [0.5, 0.6) is 5.75 Å². The Morgan fingerprint density at radius 1 is 1.13 bits per heavy atom. The van der Waals surface area contributed by atoms with Gasteiger partial charge in [0.15, 0.2) is 0 Å². The second kappa shape index (κ2) is 9.56. The largest absolute Gasteiger partial charge is 0.497 e. The fraction of sp³-hybridized carbons (Fsp3) is 0.304. The summed E-state index contributed by atoms with van der Waals surface area (Å²) in [5.74, 6) is 1.35. The lowest BCUT2D eigenvalue weighted by Gasteiger charge is -2.25. The summed E-state index contributed by atoms with van der Waals surface area (Å²) in [5.41, 5.74) is 2.40. The molecule has 1 amide bonds. The van der Waals surface area contributed by atoms with Crippen molar-refractivity contribution in [3.63, 3.8) is 0 Å². The van der Waals surface area contributed by atoms with Crippen LogP contribution in [0.2, 0.25) is 0 Å². The predicted octanol–water partition coefficient (Wildman–Crippen LogP) is 3.03. The molecule has 0 saturated carbocycles. The highest BCUT2D eigenvalue weighted by Crippen LogP contribution is 2.24. The molecule has 1 aromatic carbocycles. The van der Waals surface area contributed by atoms with Gasteiger partial charge in [0.05, 0.1) is 38.5 Å². The molecule has 1 aliphatic heterocycles. The molecular weight excluding hydrogens is 382 g/mol. The molecule has 7 nitrogen and oxygen atoms in total. The number of nitrogens with zero attached hydrogens (tertiary/aromatic N) is 2. The average molecular weight is 407 g/mol. The molecule has 0 aliphatic carbocycles. The predicted molar refractivity (Wildman–Crippen MR) is 111 cm³/mol. The molecule has 30 heavy (non-hydrogen) atoms. The number of amides is 1. The Hall–Kier alpha value is -3.16. The zero-order chi connectivity index (χ0) is 20.8. The van der Waals surface area contributed by atoms with E-state index in [0.717, 1.165) is 48.9 Å². The smallest absolute Gasteiger partial charge is 0.255 e. The van der Waals surface area contributed by atoms with Crippen molar-refractivity contribution in [2.45, 2.75) is 12.6 Å². The number of carbonyl (C=O) groups is 1. The van der Waals surface area contributed by atoms with Crippen molar-refractivity contribution in [1.82, 2.24) is 15.2 Å². The molecule has 0 radical (unpaired) electrons. The lowest BCUT2D eigenvalue weighted by Crippen LogP contribution is -2.35. The van der Waals surface area contributed by atoms with Gasteiger partial charge in [-0.15, -0.1) is 0 Å². The average Bonchev–Trinajstić information content (AvgIpc) is 3.27. The molecule has 1 atom stereocenters. The van der Waals surface area contributed by atoms with Gasteiger partial charge < -0.3 is 19.2 Å². The van der Waals surface area contributed by atoms with Gasteiger partial charge in [0.1, 0.15) is 17.8 Å². The monoisotopic (exact) mass is 407 g/mol. The van der Waals surface area contributed by atoms with Crippen LogP contribution in [0.3, 0.4) is 0 Å². The first-order valence-corrected chi connectivity index (χ1v) is 9.95. The Labute approximate surface area is 175 Å². The first kappa shape index (κ1) is 20.1. The second-order valence-electron chi connectivity index (χ2n) is 7.15. The SMILES string of the molecule is COc1ccc(C(NC(=O)c2coc(CN3CCOCC3)c2)c2ccncc2)cc1. The van der Waals surface area contributed by atoms with Crippen LogP contribution in [0.1, 0.15) is 33.3 Å². The summed E-state index contributed by atoms with van der Waals surface area (Å²) in [7, 11) is 1.63. The second-order valence-corrected chi connectivity index (χ2v) is 7.15. The van der Waals surface area contributed by atoms with E-state index < -0.39 is 0 Å². The van der Waals surface area contributed by atoms with Crippen LogP contribution in [-0.4, -0.2) is 49.2 Å². The summed E-state index contributed by atoms with van der Waals surface area (Å²) in [6.45, 7) is 3.85. The molecule has 0 spiro atoms. The Morgan fingerprint density at radius 2 is 1.83 bits per heavy atom. The van der Waals surface area contributed by atoms with Crippen LogP contribution in [0, 0.1) is 0 Å². The summed E-state index contributed by atoms with van der Waals surface area (Å²) in [6, 6.07) is 12.9. The topological polar surface area (TPSA) is 76.8 Å². The number of morpholine rings is 1. The summed E-state index contributed by atoms with van der Waals surface area (Å²) in [4.78, 5) is 19.3. The molecule has 1 aliphatic rings. The number of hydrogen-bond donors (Lipinski definition) is 1. The van der Waals surface area contributed by atoms with Crippen molar-refractivity contribution in [2.24, 2.45) is 0 Å². The van der Waals surface area contributed by atoms with E-state index in [2.05, 4.69) is 15.2 Å². The summed E-state index contributed by atoms with van der Waals surface area (Å²) in [5, 5.41) is 3.12. The van der Waals surface area contributed by atoms with E-state index in [1.54, 1.807) is 19.5 Å².